The second-order valence-corrected chi connectivity index (χ2v) is 12.2. The van der Waals surface area contributed by atoms with Crippen LogP contribution in [0.15, 0.2) is 106 Å². The highest BCUT2D eigenvalue weighted by Crippen LogP contribution is 2.32. The number of aryl methyl sites for hydroxylation is 1. The Morgan fingerprint density at radius 3 is 2.26 bits per heavy atom. The number of hydrogen-bond acceptors (Lipinski definition) is 5. The molecule has 1 atom stereocenters. The number of benzene rings is 4. The molecule has 3 N–H and O–H groups in total. The molecule has 0 spiro atoms. The van der Waals surface area contributed by atoms with Crippen LogP contribution in [0.5, 0.6) is 5.75 Å². The summed E-state index contributed by atoms with van der Waals surface area (Å²) in [6, 6.07) is 26.6. The first kappa shape index (κ1) is 31.9. The fourth-order valence-corrected chi connectivity index (χ4v) is 5.19. The van der Waals surface area contributed by atoms with E-state index in [1.807, 2.05) is 49.4 Å². The highest BCUT2D eigenvalue weighted by atomic mass is 79.9. The van der Waals surface area contributed by atoms with Gasteiger partial charge in [-0.15, -0.1) is 11.8 Å². The molecule has 4 rings (SSSR count). The Balaban J connectivity index is 1.43. The van der Waals surface area contributed by atoms with Crippen LogP contribution in [-0.2, 0) is 9.59 Å². The normalized spacial score (nSPS) is 11.8. The summed E-state index contributed by atoms with van der Waals surface area (Å²) in [5.74, 6) is -0.592. The first-order valence-electron chi connectivity index (χ1n) is 13.2. The van der Waals surface area contributed by atoms with Crippen molar-refractivity contribution in [2.45, 2.75) is 24.0 Å². The van der Waals surface area contributed by atoms with Gasteiger partial charge in [-0.3, -0.25) is 14.4 Å². The smallest absolute Gasteiger partial charge is 0.272 e. The van der Waals surface area contributed by atoms with E-state index in [9.17, 15) is 14.4 Å². The summed E-state index contributed by atoms with van der Waals surface area (Å²) >= 11 is 11.0. The van der Waals surface area contributed by atoms with Crippen molar-refractivity contribution in [1.82, 2.24) is 5.32 Å². The zero-order valence-electron chi connectivity index (χ0n) is 23.6. The van der Waals surface area contributed by atoms with Crippen molar-refractivity contribution >= 4 is 74.5 Å². The maximum Gasteiger partial charge on any atom is 0.272 e. The SMILES string of the molecule is COc1cc(Cl)c(C)cc1NC(=O)C(C)Sc1ccc(NC(=O)/C(=C/c2ccc(Br)cc2)NC(=O)c2ccccc2)cc1. The summed E-state index contributed by atoms with van der Waals surface area (Å²) in [5, 5.41) is 8.62. The number of rotatable bonds is 10. The second-order valence-electron chi connectivity index (χ2n) is 9.46. The molecule has 7 nitrogen and oxygen atoms in total. The van der Waals surface area contributed by atoms with E-state index in [-0.39, 0.29) is 11.6 Å². The van der Waals surface area contributed by atoms with E-state index in [1.165, 1.54) is 18.9 Å². The summed E-state index contributed by atoms with van der Waals surface area (Å²) < 4.78 is 6.25. The largest absolute Gasteiger partial charge is 0.495 e. The second kappa shape index (κ2) is 14.9. The fourth-order valence-electron chi connectivity index (χ4n) is 3.91. The molecular formula is C33H29BrClN3O4S. The van der Waals surface area contributed by atoms with Crippen LogP contribution in [0.25, 0.3) is 6.08 Å². The lowest BCUT2D eigenvalue weighted by Crippen LogP contribution is -2.30. The van der Waals surface area contributed by atoms with Crippen LogP contribution >= 0.6 is 39.3 Å². The van der Waals surface area contributed by atoms with Gasteiger partial charge in [-0.25, -0.2) is 0 Å². The first-order chi connectivity index (χ1) is 20.6. The molecule has 0 aromatic heterocycles. The van der Waals surface area contributed by atoms with Gasteiger partial charge in [-0.05, 0) is 85.6 Å². The minimum absolute atomic E-state index is 0.0905. The molecule has 43 heavy (non-hydrogen) atoms. The van der Waals surface area contributed by atoms with Gasteiger partial charge in [0.1, 0.15) is 11.4 Å². The molecule has 0 aliphatic carbocycles. The molecule has 0 saturated carbocycles. The highest BCUT2D eigenvalue weighted by molar-refractivity contribution is 9.10. The Bertz CT molecular complexity index is 1650. The number of halogens is 2. The molecule has 10 heteroatoms. The predicted molar refractivity (Wildman–Crippen MR) is 178 cm³/mol. The number of thioether (sulfide) groups is 1. The minimum Gasteiger partial charge on any atom is -0.495 e. The lowest BCUT2D eigenvalue weighted by atomic mass is 10.1. The van der Waals surface area contributed by atoms with Gasteiger partial charge in [0.2, 0.25) is 5.91 Å². The van der Waals surface area contributed by atoms with Crippen LogP contribution in [0, 0.1) is 6.92 Å². The van der Waals surface area contributed by atoms with Crippen LogP contribution in [0.1, 0.15) is 28.4 Å². The lowest BCUT2D eigenvalue weighted by molar-refractivity contribution is -0.115. The predicted octanol–water partition coefficient (Wildman–Crippen LogP) is 7.95. The van der Waals surface area contributed by atoms with Gasteiger partial charge >= 0.3 is 0 Å². The number of ether oxygens (including phenoxy) is 1. The molecular weight excluding hydrogens is 650 g/mol. The summed E-state index contributed by atoms with van der Waals surface area (Å²) in [7, 11) is 1.52. The third-order valence-corrected chi connectivity index (χ3v) is 8.29. The Labute approximate surface area is 268 Å². The van der Waals surface area contributed by atoms with Gasteiger partial charge in [0, 0.05) is 31.7 Å². The maximum absolute atomic E-state index is 13.3. The Morgan fingerprint density at radius 2 is 1.60 bits per heavy atom. The maximum atomic E-state index is 13.3. The van der Waals surface area contributed by atoms with Crippen LogP contribution < -0.4 is 20.7 Å². The Kier molecular flexibility index (Phi) is 11.1. The van der Waals surface area contributed by atoms with E-state index in [0.717, 1.165) is 20.5 Å². The van der Waals surface area contributed by atoms with Gasteiger partial charge < -0.3 is 20.7 Å². The van der Waals surface area contributed by atoms with Gasteiger partial charge in [0.15, 0.2) is 0 Å². The average molecular weight is 679 g/mol. The third kappa shape index (κ3) is 8.97. The zero-order chi connectivity index (χ0) is 30.9. The highest BCUT2D eigenvalue weighted by Gasteiger charge is 2.18. The number of amides is 3. The molecule has 4 aromatic rings. The fraction of sp³-hybridized carbons (Fsp3) is 0.121. The molecule has 0 aliphatic rings. The summed E-state index contributed by atoms with van der Waals surface area (Å²) in [5.41, 5.74) is 3.17. The van der Waals surface area contributed by atoms with Gasteiger partial charge in [0.05, 0.1) is 18.0 Å². The summed E-state index contributed by atoms with van der Waals surface area (Å²) in [6.07, 6.45) is 1.62. The van der Waals surface area contributed by atoms with Gasteiger partial charge in [-0.2, -0.15) is 0 Å². The van der Waals surface area contributed by atoms with E-state index >= 15 is 0 Å². The number of anilines is 2. The van der Waals surface area contributed by atoms with Crippen molar-refractivity contribution in [3.05, 3.63) is 123 Å². The van der Waals surface area contributed by atoms with Gasteiger partial charge in [-0.1, -0.05) is 57.9 Å². The van der Waals surface area contributed by atoms with Crippen molar-refractivity contribution in [3.63, 3.8) is 0 Å². The summed E-state index contributed by atoms with van der Waals surface area (Å²) in [4.78, 5) is 39.9. The third-order valence-electron chi connectivity index (χ3n) is 6.24. The van der Waals surface area contributed by atoms with Crippen molar-refractivity contribution < 1.29 is 19.1 Å². The van der Waals surface area contributed by atoms with Gasteiger partial charge in [0.25, 0.3) is 11.8 Å². The van der Waals surface area contributed by atoms with Crippen molar-refractivity contribution in [2.75, 3.05) is 17.7 Å². The van der Waals surface area contributed by atoms with E-state index < -0.39 is 17.1 Å². The molecule has 0 fully saturated rings. The Morgan fingerprint density at radius 1 is 0.930 bits per heavy atom. The van der Waals surface area contributed by atoms with E-state index in [1.54, 1.807) is 61.5 Å². The molecule has 220 valence electrons. The quantitative estimate of drug-likeness (QED) is 0.117. The molecule has 0 radical (unpaired) electrons. The topological polar surface area (TPSA) is 96.5 Å². The number of methoxy groups -OCH3 is 1. The zero-order valence-corrected chi connectivity index (χ0v) is 26.8. The molecule has 1 unspecified atom stereocenters. The number of carbonyl (C=O) groups excluding carboxylic acids is 3. The molecule has 4 aromatic carbocycles. The van der Waals surface area contributed by atoms with Crippen molar-refractivity contribution in [1.29, 1.82) is 0 Å². The number of hydrogen-bond donors (Lipinski definition) is 3. The first-order valence-corrected chi connectivity index (χ1v) is 15.2. The number of nitrogens with one attached hydrogen (secondary N) is 3. The molecule has 3 amide bonds. The molecule has 0 heterocycles. The molecule has 0 aliphatic heterocycles. The Hall–Kier alpha value is -4.05. The average Bonchev–Trinajstić information content (AvgIpc) is 3.00. The molecule has 0 saturated heterocycles. The van der Waals surface area contributed by atoms with E-state index in [4.69, 9.17) is 16.3 Å². The molecule has 0 bridgehead atoms. The number of carbonyl (C=O) groups is 3. The van der Waals surface area contributed by atoms with Crippen molar-refractivity contribution in [2.24, 2.45) is 0 Å². The van der Waals surface area contributed by atoms with E-state index in [0.29, 0.717) is 27.7 Å². The summed E-state index contributed by atoms with van der Waals surface area (Å²) in [6.45, 7) is 3.66. The van der Waals surface area contributed by atoms with Crippen LogP contribution in [-0.4, -0.2) is 30.1 Å². The van der Waals surface area contributed by atoms with E-state index in [2.05, 4.69) is 31.9 Å². The van der Waals surface area contributed by atoms with Crippen LogP contribution in [0.3, 0.4) is 0 Å². The lowest BCUT2D eigenvalue weighted by Gasteiger charge is -2.16. The minimum atomic E-state index is -0.479. The standard InChI is InChI=1S/C33H29BrClN3O4S/c1-20-17-28(30(42-3)19-27(20)35)37-31(39)21(2)43-26-15-13-25(14-16-26)36-33(41)29(18-22-9-11-24(34)12-10-22)38-32(40)23-7-5-4-6-8-23/h4-19,21H,1-3H3,(H,36,41)(H,37,39)(H,38,40)/b29-18-. The van der Waals surface area contributed by atoms with Crippen LogP contribution in [0.4, 0.5) is 11.4 Å². The van der Waals surface area contributed by atoms with Crippen LogP contribution in [0.2, 0.25) is 5.02 Å². The van der Waals surface area contributed by atoms with Crippen molar-refractivity contribution in [3.8, 4) is 5.75 Å². The monoisotopic (exact) mass is 677 g/mol.